The van der Waals surface area contributed by atoms with Crippen molar-refractivity contribution in [1.29, 1.82) is 0 Å². The van der Waals surface area contributed by atoms with E-state index in [1.54, 1.807) is 61.0 Å². The lowest BCUT2D eigenvalue weighted by Gasteiger charge is -2.11. The summed E-state index contributed by atoms with van der Waals surface area (Å²) < 4.78 is 9.88. The van der Waals surface area contributed by atoms with Crippen LogP contribution in [0.1, 0.15) is 20.7 Å². The van der Waals surface area contributed by atoms with Gasteiger partial charge in [-0.15, -0.1) is 21.6 Å². The van der Waals surface area contributed by atoms with Crippen LogP contribution in [-0.4, -0.2) is 31.2 Å². The van der Waals surface area contributed by atoms with E-state index in [0.717, 1.165) is 0 Å². The first-order valence-electron chi connectivity index (χ1n) is 9.79. The zero-order valence-corrected chi connectivity index (χ0v) is 18.6. The molecule has 4 aromatic rings. The molecule has 166 valence electrons. The number of esters is 1. The maximum Gasteiger partial charge on any atom is 0.341 e. The number of carbonyl (C=O) groups is 2. The van der Waals surface area contributed by atoms with E-state index in [1.807, 2.05) is 12.1 Å². The predicted molar refractivity (Wildman–Crippen MR) is 126 cm³/mol. The standard InChI is InChI=1S/C24H19N3O5S/c1-31-16-9-7-15(8-10-16)25-22(29)19-13-14-5-3-4-6-17(14)20(21(19)28)26-27-23-18(11-12-33-23)24(30)32-2/h3-13,28H,1-2H3,(H,25,29). The number of phenols is 1. The Hall–Kier alpha value is -4.24. The Morgan fingerprint density at radius 2 is 1.73 bits per heavy atom. The third kappa shape index (κ3) is 4.53. The smallest absolute Gasteiger partial charge is 0.341 e. The van der Waals surface area contributed by atoms with Crippen LogP contribution in [-0.2, 0) is 4.74 Å². The van der Waals surface area contributed by atoms with Crippen molar-refractivity contribution in [3.05, 3.63) is 77.2 Å². The van der Waals surface area contributed by atoms with Gasteiger partial charge in [0.1, 0.15) is 11.4 Å². The summed E-state index contributed by atoms with van der Waals surface area (Å²) in [5, 5.41) is 25.4. The fourth-order valence-corrected chi connectivity index (χ4v) is 3.90. The van der Waals surface area contributed by atoms with Crippen LogP contribution in [0.3, 0.4) is 0 Å². The number of hydrogen-bond acceptors (Lipinski definition) is 8. The van der Waals surface area contributed by atoms with Gasteiger partial charge in [-0.05, 0) is 47.2 Å². The second-order valence-electron chi connectivity index (χ2n) is 6.86. The number of amides is 1. The van der Waals surface area contributed by atoms with Crippen molar-refractivity contribution in [2.24, 2.45) is 10.2 Å². The minimum absolute atomic E-state index is 0.0397. The number of rotatable bonds is 6. The zero-order valence-electron chi connectivity index (χ0n) is 17.7. The Kier molecular flexibility index (Phi) is 6.32. The topological polar surface area (TPSA) is 110 Å². The molecule has 9 heteroatoms. The van der Waals surface area contributed by atoms with E-state index in [0.29, 0.717) is 27.2 Å². The minimum Gasteiger partial charge on any atom is -0.505 e. The molecule has 8 nitrogen and oxygen atoms in total. The van der Waals surface area contributed by atoms with Crippen LogP contribution in [0.5, 0.6) is 11.5 Å². The number of hydrogen-bond donors (Lipinski definition) is 2. The average molecular weight is 461 g/mol. The summed E-state index contributed by atoms with van der Waals surface area (Å²) in [6.45, 7) is 0. The lowest BCUT2D eigenvalue weighted by molar-refractivity contribution is 0.0602. The fourth-order valence-electron chi connectivity index (χ4n) is 3.20. The van der Waals surface area contributed by atoms with E-state index in [-0.39, 0.29) is 22.6 Å². The molecule has 0 saturated heterocycles. The largest absolute Gasteiger partial charge is 0.505 e. The normalized spacial score (nSPS) is 11.0. The summed E-state index contributed by atoms with van der Waals surface area (Å²) in [5.41, 5.74) is 0.969. The number of methoxy groups -OCH3 is 2. The molecule has 1 heterocycles. The number of fused-ring (bicyclic) bond motifs is 1. The monoisotopic (exact) mass is 461 g/mol. The third-order valence-corrected chi connectivity index (χ3v) is 5.68. The molecule has 0 radical (unpaired) electrons. The van der Waals surface area contributed by atoms with Gasteiger partial charge in [0.15, 0.2) is 10.8 Å². The molecule has 1 amide bonds. The highest BCUT2D eigenvalue weighted by Gasteiger charge is 2.19. The molecule has 3 aromatic carbocycles. The van der Waals surface area contributed by atoms with E-state index in [1.165, 1.54) is 18.4 Å². The lowest BCUT2D eigenvalue weighted by Crippen LogP contribution is -2.12. The first kappa shape index (κ1) is 22.0. The number of anilines is 1. The molecule has 0 bridgehead atoms. The van der Waals surface area contributed by atoms with Crippen LogP contribution < -0.4 is 10.1 Å². The van der Waals surface area contributed by atoms with Crippen molar-refractivity contribution >= 4 is 50.4 Å². The van der Waals surface area contributed by atoms with Gasteiger partial charge in [0.25, 0.3) is 5.91 Å². The second-order valence-corrected chi connectivity index (χ2v) is 7.75. The van der Waals surface area contributed by atoms with E-state index in [4.69, 9.17) is 9.47 Å². The number of carbonyl (C=O) groups excluding carboxylic acids is 2. The van der Waals surface area contributed by atoms with E-state index in [9.17, 15) is 14.7 Å². The van der Waals surface area contributed by atoms with Crippen LogP contribution in [0.4, 0.5) is 16.4 Å². The number of ether oxygens (including phenoxy) is 2. The summed E-state index contributed by atoms with van der Waals surface area (Å²) in [6, 6.07) is 17.2. The molecule has 0 atom stereocenters. The van der Waals surface area contributed by atoms with E-state index < -0.39 is 11.9 Å². The number of benzene rings is 3. The average Bonchev–Trinajstić information content (AvgIpc) is 3.31. The fraction of sp³-hybridized carbons (Fsp3) is 0.0833. The molecule has 0 spiro atoms. The second kappa shape index (κ2) is 9.49. The highest BCUT2D eigenvalue weighted by molar-refractivity contribution is 7.14. The number of nitrogens with zero attached hydrogens (tertiary/aromatic N) is 2. The summed E-state index contributed by atoms with van der Waals surface area (Å²) in [5.74, 6) is -0.707. The van der Waals surface area contributed by atoms with Crippen LogP contribution in [0.2, 0.25) is 0 Å². The van der Waals surface area contributed by atoms with Crippen molar-refractivity contribution in [3.63, 3.8) is 0 Å². The Balaban J connectivity index is 1.74. The molecular formula is C24H19N3O5S. The van der Waals surface area contributed by atoms with Crippen LogP contribution in [0, 0.1) is 0 Å². The van der Waals surface area contributed by atoms with E-state index >= 15 is 0 Å². The number of nitrogens with one attached hydrogen (secondary N) is 1. The number of azo groups is 1. The predicted octanol–water partition coefficient (Wildman–Crippen LogP) is 6.07. The maximum absolute atomic E-state index is 13.0. The van der Waals surface area contributed by atoms with Gasteiger partial charge < -0.3 is 19.9 Å². The third-order valence-electron chi connectivity index (χ3n) is 4.88. The summed E-state index contributed by atoms with van der Waals surface area (Å²) in [7, 11) is 2.84. The zero-order chi connectivity index (χ0) is 23.4. The van der Waals surface area contributed by atoms with Gasteiger partial charge in [0, 0.05) is 11.1 Å². The Morgan fingerprint density at radius 1 is 0.970 bits per heavy atom. The quantitative estimate of drug-likeness (QED) is 0.267. The van der Waals surface area contributed by atoms with Gasteiger partial charge in [0.05, 0.1) is 25.3 Å². The van der Waals surface area contributed by atoms with Gasteiger partial charge >= 0.3 is 5.97 Å². The van der Waals surface area contributed by atoms with Gasteiger partial charge in [-0.2, -0.15) is 0 Å². The van der Waals surface area contributed by atoms with Crippen LogP contribution in [0.15, 0.2) is 76.3 Å². The molecule has 0 aliphatic rings. The van der Waals surface area contributed by atoms with Crippen molar-refractivity contribution in [2.75, 3.05) is 19.5 Å². The molecule has 33 heavy (non-hydrogen) atoms. The first-order chi connectivity index (χ1) is 16.0. The van der Waals surface area contributed by atoms with Gasteiger partial charge in [-0.3, -0.25) is 4.79 Å². The van der Waals surface area contributed by atoms with Gasteiger partial charge in [-0.25, -0.2) is 4.79 Å². The molecule has 0 aliphatic heterocycles. The molecule has 0 unspecified atom stereocenters. The Labute approximate surface area is 193 Å². The summed E-state index contributed by atoms with van der Waals surface area (Å²) in [6.07, 6.45) is 0. The molecule has 1 aromatic heterocycles. The molecule has 2 N–H and O–H groups in total. The Bertz CT molecular complexity index is 1360. The van der Waals surface area contributed by atoms with Crippen molar-refractivity contribution in [3.8, 4) is 11.5 Å². The molecule has 0 aliphatic carbocycles. The van der Waals surface area contributed by atoms with Crippen molar-refractivity contribution < 1.29 is 24.2 Å². The van der Waals surface area contributed by atoms with Gasteiger partial charge in [-0.1, -0.05) is 24.3 Å². The molecule has 0 fully saturated rings. The SMILES string of the molecule is COC(=O)c1ccsc1N=Nc1c(O)c(C(=O)Nc2ccc(OC)cc2)cc2ccccc12. The number of aromatic hydroxyl groups is 1. The summed E-state index contributed by atoms with van der Waals surface area (Å²) in [4.78, 5) is 24.9. The highest BCUT2D eigenvalue weighted by Crippen LogP contribution is 2.40. The molecule has 0 saturated carbocycles. The highest BCUT2D eigenvalue weighted by atomic mass is 32.1. The minimum atomic E-state index is -0.535. The van der Waals surface area contributed by atoms with Crippen molar-refractivity contribution in [2.45, 2.75) is 0 Å². The number of phenolic OH excluding ortho intramolecular Hbond substituents is 1. The lowest BCUT2D eigenvalue weighted by atomic mass is 10.0. The first-order valence-corrected chi connectivity index (χ1v) is 10.7. The maximum atomic E-state index is 13.0. The number of thiophene rings is 1. The molecular weight excluding hydrogens is 442 g/mol. The van der Waals surface area contributed by atoms with Gasteiger partial charge in [0.2, 0.25) is 0 Å². The van der Waals surface area contributed by atoms with Crippen LogP contribution in [0.25, 0.3) is 10.8 Å². The van der Waals surface area contributed by atoms with Crippen molar-refractivity contribution in [1.82, 2.24) is 0 Å². The van der Waals surface area contributed by atoms with Crippen LogP contribution >= 0.6 is 11.3 Å². The summed E-state index contributed by atoms with van der Waals surface area (Å²) >= 11 is 1.21. The molecule has 4 rings (SSSR count). The Morgan fingerprint density at radius 3 is 2.45 bits per heavy atom. The van der Waals surface area contributed by atoms with E-state index in [2.05, 4.69) is 15.5 Å².